The van der Waals surface area contributed by atoms with E-state index in [1.165, 1.54) is 11.1 Å². The van der Waals surface area contributed by atoms with Crippen molar-refractivity contribution in [1.29, 1.82) is 0 Å². The molecule has 1 unspecified atom stereocenters. The average Bonchev–Trinajstić information content (AvgIpc) is 2.79. The average molecular weight is 256 g/mol. The first-order valence-electron chi connectivity index (χ1n) is 7.00. The molecule has 4 heteroatoms. The third-order valence-corrected chi connectivity index (χ3v) is 3.68. The lowest BCUT2D eigenvalue weighted by Crippen LogP contribution is -2.32. The normalized spacial score (nSPS) is 18.3. The van der Waals surface area contributed by atoms with Crippen molar-refractivity contribution >= 4 is 0 Å². The van der Waals surface area contributed by atoms with Gasteiger partial charge in [-0.1, -0.05) is 31.2 Å². The Morgan fingerprint density at radius 3 is 3.05 bits per heavy atom. The number of hydrogen-bond donors (Lipinski definition) is 1. The minimum absolute atomic E-state index is 0.174. The van der Waals surface area contributed by atoms with Crippen LogP contribution in [-0.2, 0) is 19.9 Å². The summed E-state index contributed by atoms with van der Waals surface area (Å²) in [5, 5.41) is 8.08. The van der Waals surface area contributed by atoms with Gasteiger partial charge in [0.2, 0.25) is 0 Å². The molecule has 1 aromatic heterocycles. The van der Waals surface area contributed by atoms with Crippen molar-refractivity contribution in [2.45, 2.75) is 32.2 Å². The number of nitrogens with zero attached hydrogens (tertiary/aromatic N) is 3. The van der Waals surface area contributed by atoms with Gasteiger partial charge in [0.1, 0.15) is 5.82 Å². The fourth-order valence-electron chi connectivity index (χ4n) is 2.77. The Morgan fingerprint density at radius 2 is 2.21 bits per heavy atom. The third kappa shape index (κ3) is 2.28. The predicted molar refractivity (Wildman–Crippen MR) is 75.0 cm³/mol. The van der Waals surface area contributed by atoms with Gasteiger partial charge < -0.3 is 5.32 Å². The molecular formula is C15H20N4. The van der Waals surface area contributed by atoms with Crippen LogP contribution in [0.15, 0.2) is 24.3 Å². The van der Waals surface area contributed by atoms with Crippen LogP contribution in [0.25, 0.3) is 0 Å². The lowest BCUT2D eigenvalue weighted by atomic mass is 9.94. The highest BCUT2D eigenvalue weighted by Gasteiger charge is 2.25. The van der Waals surface area contributed by atoms with Crippen molar-refractivity contribution in [3.8, 4) is 0 Å². The summed E-state index contributed by atoms with van der Waals surface area (Å²) < 4.78 is 1.92. The third-order valence-electron chi connectivity index (χ3n) is 3.68. The molecule has 1 atom stereocenters. The summed E-state index contributed by atoms with van der Waals surface area (Å²) in [6.45, 7) is 3.15. The van der Waals surface area contributed by atoms with Crippen LogP contribution in [0.4, 0.5) is 0 Å². The zero-order valence-corrected chi connectivity index (χ0v) is 11.6. The number of hydrogen-bond acceptors (Lipinski definition) is 3. The topological polar surface area (TPSA) is 42.7 Å². The highest BCUT2D eigenvalue weighted by molar-refractivity contribution is 5.36. The van der Waals surface area contributed by atoms with E-state index in [1.807, 2.05) is 11.7 Å². The van der Waals surface area contributed by atoms with E-state index in [1.54, 1.807) is 0 Å². The highest BCUT2D eigenvalue weighted by atomic mass is 15.3. The summed E-state index contributed by atoms with van der Waals surface area (Å²) in [6.07, 6.45) is 3.12. The zero-order valence-electron chi connectivity index (χ0n) is 11.6. The number of benzene rings is 1. The van der Waals surface area contributed by atoms with E-state index in [9.17, 15) is 0 Å². The Labute approximate surface area is 113 Å². The van der Waals surface area contributed by atoms with Crippen molar-refractivity contribution in [3.05, 3.63) is 47.0 Å². The Morgan fingerprint density at radius 1 is 1.37 bits per heavy atom. The number of aromatic nitrogens is 3. The summed E-state index contributed by atoms with van der Waals surface area (Å²) >= 11 is 0. The molecule has 1 N–H and O–H groups in total. The van der Waals surface area contributed by atoms with Gasteiger partial charge in [-0.05, 0) is 24.0 Å². The van der Waals surface area contributed by atoms with Gasteiger partial charge in [0.15, 0.2) is 5.82 Å². The fraction of sp³-hybridized carbons (Fsp3) is 0.467. The summed E-state index contributed by atoms with van der Waals surface area (Å²) in [5.41, 5.74) is 2.76. The zero-order chi connectivity index (χ0) is 13.2. The van der Waals surface area contributed by atoms with Gasteiger partial charge in [0.05, 0.1) is 6.04 Å². The van der Waals surface area contributed by atoms with Crippen molar-refractivity contribution in [2.24, 2.45) is 7.05 Å². The van der Waals surface area contributed by atoms with Crippen LogP contribution in [0.1, 0.15) is 42.2 Å². The van der Waals surface area contributed by atoms with Crippen LogP contribution in [0.2, 0.25) is 0 Å². The Bertz CT molecular complexity index is 573. The maximum absolute atomic E-state index is 4.71. The summed E-state index contributed by atoms with van der Waals surface area (Å²) in [7, 11) is 1.99. The largest absolute Gasteiger partial charge is 0.303 e. The second-order valence-corrected chi connectivity index (χ2v) is 5.10. The van der Waals surface area contributed by atoms with E-state index < -0.39 is 0 Å². The molecule has 1 aliphatic heterocycles. The maximum atomic E-state index is 4.71. The van der Waals surface area contributed by atoms with Gasteiger partial charge in [-0.25, -0.2) is 4.98 Å². The molecule has 19 heavy (non-hydrogen) atoms. The number of rotatable bonds is 3. The monoisotopic (exact) mass is 256 g/mol. The molecule has 0 saturated carbocycles. The Hall–Kier alpha value is -1.68. The van der Waals surface area contributed by atoms with Crippen LogP contribution in [0.5, 0.6) is 0 Å². The fourth-order valence-corrected chi connectivity index (χ4v) is 2.77. The second kappa shape index (κ2) is 5.13. The molecule has 0 spiro atoms. The molecular weight excluding hydrogens is 236 g/mol. The molecule has 0 fully saturated rings. The standard InChI is InChI=1S/C15H20N4/c1-3-6-13-17-15(19(2)18-13)14-12-8-5-4-7-11(12)9-10-16-14/h4-5,7-8,14,16H,3,6,9-10H2,1-2H3. The van der Waals surface area contributed by atoms with E-state index in [0.717, 1.165) is 37.5 Å². The molecule has 1 aromatic carbocycles. The predicted octanol–water partition coefficient (Wildman–Crippen LogP) is 2.00. The molecule has 3 rings (SSSR count). The molecule has 2 heterocycles. The molecule has 0 bridgehead atoms. The molecule has 4 nitrogen and oxygen atoms in total. The van der Waals surface area contributed by atoms with Gasteiger partial charge in [0, 0.05) is 20.0 Å². The quantitative estimate of drug-likeness (QED) is 0.913. The lowest BCUT2D eigenvalue weighted by molar-refractivity contribution is 0.519. The van der Waals surface area contributed by atoms with E-state index in [-0.39, 0.29) is 6.04 Å². The van der Waals surface area contributed by atoms with Gasteiger partial charge in [-0.15, -0.1) is 0 Å². The Kier molecular flexibility index (Phi) is 3.34. The first-order valence-corrected chi connectivity index (χ1v) is 7.00. The van der Waals surface area contributed by atoms with E-state index in [0.29, 0.717) is 0 Å². The van der Waals surface area contributed by atoms with Crippen LogP contribution in [-0.4, -0.2) is 21.3 Å². The lowest BCUT2D eigenvalue weighted by Gasteiger charge is -2.25. The summed E-state index contributed by atoms with van der Waals surface area (Å²) in [5.74, 6) is 1.97. The molecule has 1 aliphatic rings. The summed E-state index contributed by atoms with van der Waals surface area (Å²) in [6, 6.07) is 8.79. The Balaban J connectivity index is 1.99. The first-order chi connectivity index (χ1) is 9.29. The van der Waals surface area contributed by atoms with Gasteiger partial charge in [-0.3, -0.25) is 4.68 Å². The van der Waals surface area contributed by atoms with Crippen LogP contribution >= 0.6 is 0 Å². The van der Waals surface area contributed by atoms with E-state index in [4.69, 9.17) is 4.98 Å². The first kappa shape index (κ1) is 12.4. The van der Waals surface area contributed by atoms with Crippen LogP contribution in [0, 0.1) is 0 Å². The second-order valence-electron chi connectivity index (χ2n) is 5.10. The maximum Gasteiger partial charge on any atom is 0.151 e. The van der Waals surface area contributed by atoms with Crippen molar-refractivity contribution in [2.75, 3.05) is 6.54 Å². The van der Waals surface area contributed by atoms with E-state index >= 15 is 0 Å². The van der Waals surface area contributed by atoms with Crippen molar-refractivity contribution in [3.63, 3.8) is 0 Å². The molecule has 2 aromatic rings. The minimum Gasteiger partial charge on any atom is -0.303 e. The van der Waals surface area contributed by atoms with Gasteiger partial charge >= 0.3 is 0 Å². The van der Waals surface area contributed by atoms with E-state index in [2.05, 4.69) is 41.6 Å². The molecule has 0 saturated heterocycles. The number of aryl methyl sites for hydroxylation is 2. The van der Waals surface area contributed by atoms with Crippen LogP contribution in [0.3, 0.4) is 0 Å². The molecule has 0 amide bonds. The number of nitrogens with one attached hydrogen (secondary N) is 1. The summed E-state index contributed by atoms with van der Waals surface area (Å²) in [4.78, 5) is 4.71. The van der Waals surface area contributed by atoms with Gasteiger partial charge in [-0.2, -0.15) is 5.10 Å². The van der Waals surface area contributed by atoms with Crippen molar-refractivity contribution < 1.29 is 0 Å². The van der Waals surface area contributed by atoms with Crippen molar-refractivity contribution in [1.82, 2.24) is 20.1 Å². The molecule has 0 aliphatic carbocycles. The highest BCUT2D eigenvalue weighted by Crippen LogP contribution is 2.27. The number of fused-ring (bicyclic) bond motifs is 1. The molecule has 100 valence electrons. The van der Waals surface area contributed by atoms with Gasteiger partial charge in [0.25, 0.3) is 0 Å². The minimum atomic E-state index is 0.174. The van der Waals surface area contributed by atoms with Crippen LogP contribution < -0.4 is 5.32 Å². The SMILES string of the molecule is CCCc1nc(C2NCCc3ccccc32)n(C)n1. The molecule has 0 radical (unpaired) electrons. The smallest absolute Gasteiger partial charge is 0.151 e.